The lowest BCUT2D eigenvalue weighted by Gasteiger charge is -2.08. The Morgan fingerprint density at radius 1 is 1.17 bits per heavy atom. The largest absolute Gasteiger partial charge is 0.460 e. The lowest BCUT2D eigenvalue weighted by Crippen LogP contribution is -2.26. The van der Waals surface area contributed by atoms with Gasteiger partial charge in [-0.25, -0.2) is 22.3 Å². The summed E-state index contributed by atoms with van der Waals surface area (Å²) < 4.78 is 52.1. The lowest BCUT2D eigenvalue weighted by molar-refractivity contribution is 0.0491. The van der Waals surface area contributed by atoms with Gasteiger partial charge in [-0.2, -0.15) is 0 Å². The van der Waals surface area contributed by atoms with Crippen LogP contribution in [0.1, 0.15) is 34.2 Å². The number of carbonyl (C=O) groups excluding carboxylic acids is 1. The molecule has 3 aromatic rings. The number of hydrogen-bond acceptors (Lipinski definition) is 5. The van der Waals surface area contributed by atoms with E-state index in [1.807, 2.05) is 6.92 Å². The molecule has 6 nitrogen and oxygen atoms in total. The first-order valence-electron chi connectivity index (χ1n) is 9.18. The minimum absolute atomic E-state index is 0.0361. The maximum atomic E-state index is 13.8. The number of carbonyl (C=O) groups is 1. The van der Waals surface area contributed by atoms with Crippen LogP contribution in [0.3, 0.4) is 0 Å². The van der Waals surface area contributed by atoms with Crippen molar-refractivity contribution in [2.24, 2.45) is 0 Å². The zero-order valence-corrected chi connectivity index (χ0v) is 17.2. The number of benzene rings is 2. The van der Waals surface area contributed by atoms with Gasteiger partial charge in [-0.15, -0.1) is 0 Å². The van der Waals surface area contributed by atoms with Crippen molar-refractivity contribution in [2.75, 3.05) is 13.2 Å². The van der Waals surface area contributed by atoms with Crippen LogP contribution in [-0.2, 0) is 21.2 Å². The third-order valence-electron chi connectivity index (χ3n) is 4.57. The standard InChI is InChI=1S/C21H22FNO5S/c1-4-27-21(24)20-14(3)17-12-16(6-8-19(17)28-20)29(25,26)23-10-9-15-11-13(2)5-7-18(15)22/h5-8,11-12,23H,4,9-10H2,1-3H3. The molecule has 0 aliphatic carbocycles. The quantitative estimate of drug-likeness (QED) is 0.588. The fourth-order valence-corrected chi connectivity index (χ4v) is 4.11. The van der Waals surface area contributed by atoms with Crippen LogP contribution in [0.5, 0.6) is 0 Å². The summed E-state index contributed by atoms with van der Waals surface area (Å²) in [5.41, 5.74) is 2.26. The van der Waals surface area contributed by atoms with E-state index in [0.29, 0.717) is 22.1 Å². The number of sulfonamides is 1. The highest BCUT2D eigenvalue weighted by Crippen LogP contribution is 2.28. The normalized spacial score (nSPS) is 11.7. The fraction of sp³-hybridized carbons (Fsp3) is 0.286. The molecule has 0 spiro atoms. The van der Waals surface area contributed by atoms with Crippen LogP contribution in [0.2, 0.25) is 0 Å². The molecule has 2 aromatic carbocycles. The van der Waals surface area contributed by atoms with Crippen LogP contribution in [0, 0.1) is 19.7 Å². The molecular weight excluding hydrogens is 397 g/mol. The highest BCUT2D eigenvalue weighted by molar-refractivity contribution is 7.89. The Labute approximate surface area is 168 Å². The predicted molar refractivity (Wildman–Crippen MR) is 107 cm³/mol. The molecule has 0 saturated heterocycles. The van der Waals surface area contributed by atoms with Crippen molar-refractivity contribution in [3.05, 3.63) is 64.7 Å². The molecule has 1 N–H and O–H groups in total. The lowest BCUT2D eigenvalue weighted by atomic mass is 10.1. The number of esters is 1. The van der Waals surface area contributed by atoms with Gasteiger partial charge in [0, 0.05) is 17.5 Å². The highest BCUT2D eigenvalue weighted by Gasteiger charge is 2.21. The molecule has 3 rings (SSSR count). The number of nitrogens with one attached hydrogen (secondary N) is 1. The maximum Gasteiger partial charge on any atom is 0.374 e. The minimum Gasteiger partial charge on any atom is -0.460 e. The average molecular weight is 419 g/mol. The number of aryl methyl sites for hydroxylation is 2. The SMILES string of the molecule is CCOC(=O)c1oc2ccc(S(=O)(=O)NCCc3cc(C)ccc3F)cc2c1C. The number of halogens is 1. The van der Waals surface area contributed by atoms with Gasteiger partial charge in [0.25, 0.3) is 0 Å². The summed E-state index contributed by atoms with van der Waals surface area (Å²) >= 11 is 0. The van der Waals surface area contributed by atoms with Crippen molar-refractivity contribution >= 4 is 27.0 Å². The van der Waals surface area contributed by atoms with E-state index in [0.717, 1.165) is 5.56 Å². The summed E-state index contributed by atoms with van der Waals surface area (Å²) in [6.07, 6.45) is 0.229. The molecule has 0 aliphatic heterocycles. The first kappa shape index (κ1) is 21.0. The predicted octanol–water partition coefficient (Wildman–Crippen LogP) is 3.89. The molecule has 0 fully saturated rings. The molecule has 1 aromatic heterocycles. The van der Waals surface area contributed by atoms with Crippen LogP contribution in [0.15, 0.2) is 45.7 Å². The van der Waals surface area contributed by atoms with E-state index in [4.69, 9.17) is 9.15 Å². The fourth-order valence-electron chi connectivity index (χ4n) is 3.06. The van der Waals surface area contributed by atoms with Crippen molar-refractivity contribution in [1.82, 2.24) is 4.72 Å². The summed E-state index contributed by atoms with van der Waals surface area (Å²) in [5, 5.41) is 0.514. The molecule has 0 amide bonds. The van der Waals surface area contributed by atoms with Crippen LogP contribution in [0.25, 0.3) is 11.0 Å². The number of furan rings is 1. The van der Waals surface area contributed by atoms with Gasteiger partial charge in [0.15, 0.2) is 0 Å². The monoisotopic (exact) mass is 419 g/mol. The van der Waals surface area contributed by atoms with E-state index in [1.165, 1.54) is 24.3 Å². The van der Waals surface area contributed by atoms with Crippen LogP contribution in [-0.4, -0.2) is 27.5 Å². The summed E-state index contributed by atoms with van der Waals surface area (Å²) in [7, 11) is -3.81. The molecule has 0 radical (unpaired) electrons. The molecule has 0 aliphatic rings. The van der Waals surface area contributed by atoms with Crippen molar-refractivity contribution in [1.29, 1.82) is 0 Å². The van der Waals surface area contributed by atoms with Gasteiger partial charge in [-0.3, -0.25) is 0 Å². The molecule has 0 atom stereocenters. The van der Waals surface area contributed by atoms with Gasteiger partial charge >= 0.3 is 5.97 Å². The maximum absolute atomic E-state index is 13.8. The van der Waals surface area contributed by atoms with Crippen LogP contribution < -0.4 is 4.72 Å². The Morgan fingerprint density at radius 3 is 2.66 bits per heavy atom. The second kappa shape index (κ2) is 8.34. The molecule has 154 valence electrons. The van der Waals surface area contributed by atoms with Crippen molar-refractivity contribution in [3.8, 4) is 0 Å². The van der Waals surface area contributed by atoms with Gasteiger partial charge in [-0.1, -0.05) is 17.7 Å². The van der Waals surface area contributed by atoms with Gasteiger partial charge < -0.3 is 9.15 Å². The van der Waals surface area contributed by atoms with Crippen molar-refractivity contribution in [2.45, 2.75) is 32.1 Å². The van der Waals surface area contributed by atoms with E-state index >= 15 is 0 Å². The van der Waals surface area contributed by atoms with Crippen LogP contribution >= 0.6 is 0 Å². The van der Waals surface area contributed by atoms with E-state index in [1.54, 1.807) is 26.0 Å². The molecule has 29 heavy (non-hydrogen) atoms. The van der Waals surface area contributed by atoms with Gasteiger partial charge in [0.1, 0.15) is 11.4 Å². The first-order valence-corrected chi connectivity index (χ1v) is 10.7. The Balaban J connectivity index is 1.80. The van der Waals surface area contributed by atoms with Gasteiger partial charge in [0.05, 0.1) is 11.5 Å². The minimum atomic E-state index is -3.81. The number of ether oxygens (including phenoxy) is 1. The van der Waals surface area contributed by atoms with Crippen LogP contribution in [0.4, 0.5) is 4.39 Å². The van der Waals surface area contributed by atoms with Crippen molar-refractivity contribution in [3.63, 3.8) is 0 Å². The van der Waals surface area contributed by atoms with E-state index in [-0.39, 0.29) is 36.0 Å². The average Bonchev–Trinajstić information content (AvgIpc) is 3.01. The summed E-state index contributed by atoms with van der Waals surface area (Å²) in [6, 6.07) is 9.08. The molecule has 0 unspecified atom stereocenters. The molecule has 0 bridgehead atoms. The molecule has 0 saturated carbocycles. The zero-order chi connectivity index (χ0) is 21.2. The number of rotatable bonds is 7. The Bertz CT molecular complexity index is 1170. The first-order chi connectivity index (χ1) is 13.7. The molecule has 8 heteroatoms. The summed E-state index contributed by atoms with van der Waals surface area (Å²) in [6.45, 7) is 5.47. The smallest absolute Gasteiger partial charge is 0.374 e. The zero-order valence-electron chi connectivity index (χ0n) is 16.4. The number of fused-ring (bicyclic) bond motifs is 1. The van der Waals surface area contributed by atoms with E-state index < -0.39 is 16.0 Å². The van der Waals surface area contributed by atoms with Gasteiger partial charge in [0.2, 0.25) is 15.8 Å². The third kappa shape index (κ3) is 4.49. The highest BCUT2D eigenvalue weighted by atomic mass is 32.2. The Morgan fingerprint density at radius 2 is 1.93 bits per heavy atom. The summed E-state index contributed by atoms with van der Waals surface area (Å²) in [4.78, 5) is 12.0. The molecule has 1 heterocycles. The van der Waals surface area contributed by atoms with Gasteiger partial charge in [-0.05, 0) is 57.0 Å². The topological polar surface area (TPSA) is 85.6 Å². The second-order valence-corrected chi connectivity index (χ2v) is 8.44. The second-order valence-electron chi connectivity index (χ2n) is 6.68. The number of hydrogen-bond donors (Lipinski definition) is 1. The molecular formula is C21H22FNO5S. The third-order valence-corrected chi connectivity index (χ3v) is 6.03. The summed E-state index contributed by atoms with van der Waals surface area (Å²) in [5.74, 6) is -0.903. The van der Waals surface area contributed by atoms with Crippen molar-refractivity contribution < 1.29 is 26.8 Å². The van der Waals surface area contributed by atoms with E-state index in [9.17, 15) is 17.6 Å². The van der Waals surface area contributed by atoms with E-state index in [2.05, 4.69) is 4.72 Å². The Hall–Kier alpha value is -2.71. The Kier molecular flexibility index (Phi) is 6.04.